The Labute approximate surface area is 135 Å². The van der Waals surface area contributed by atoms with E-state index in [2.05, 4.69) is 15.9 Å². The molecule has 0 aliphatic carbocycles. The molecule has 19 heavy (non-hydrogen) atoms. The second-order valence-electron chi connectivity index (χ2n) is 3.93. The lowest BCUT2D eigenvalue weighted by Gasteiger charge is -2.13. The number of benzene rings is 2. The average Bonchev–Trinajstić information content (AvgIpc) is 2.41. The molecule has 0 aliphatic heterocycles. The van der Waals surface area contributed by atoms with Crippen LogP contribution in [-0.4, -0.2) is 7.11 Å². The van der Waals surface area contributed by atoms with E-state index in [0.29, 0.717) is 15.8 Å². The number of rotatable bonds is 3. The van der Waals surface area contributed by atoms with Crippen molar-refractivity contribution in [3.63, 3.8) is 0 Å². The molecule has 1 unspecified atom stereocenters. The predicted molar refractivity (Wildman–Crippen MR) is 84.9 cm³/mol. The third-order valence-electron chi connectivity index (χ3n) is 2.70. The van der Waals surface area contributed by atoms with E-state index >= 15 is 0 Å². The summed E-state index contributed by atoms with van der Waals surface area (Å²) in [7, 11) is 1.58. The first-order valence-corrected chi connectivity index (χ1v) is 7.44. The maximum atomic E-state index is 6.45. The van der Waals surface area contributed by atoms with Crippen molar-refractivity contribution in [3.8, 4) is 5.75 Å². The lowest BCUT2D eigenvalue weighted by molar-refractivity contribution is 0.415. The molecule has 0 saturated heterocycles. The van der Waals surface area contributed by atoms with E-state index in [4.69, 9.17) is 39.5 Å². The summed E-state index contributed by atoms with van der Waals surface area (Å²) in [5, 5.41) is 0.852. The second kappa shape index (κ2) is 6.36. The van der Waals surface area contributed by atoms with Crippen molar-refractivity contribution in [1.82, 2.24) is 0 Å². The molecule has 0 radical (unpaired) electrons. The Hall–Kier alpha value is -0.410. The predicted octanol–water partition coefficient (Wildman–Crippen LogP) is 6.09. The van der Waals surface area contributed by atoms with Crippen LogP contribution in [0.25, 0.3) is 0 Å². The fraction of sp³-hybridized carbons (Fsp3) is 0.143. The molecule has 0 N–H and O–H groups in total. The molecule has 0 saturated carbocycles. The normalized spacial score (nSPS) is 12.3. The van der Waals surface area contributed by atoms with Crippen LogP contribution < -0.4 is 4.74 Å². The number of methoxy groups -OCH3 is 1. The topological polar surface area (TPSA) is 9.23 Å². The molecule has 0 bridgehead atoms. The monoisotopic (exact) mass is 378 g/mol. The third-order valence-corrected chi connectivity index (χ3v) is 4.74. The molecular formula is C14H10BrCl3O. The number of hydrogen-bond acceptors (Lipinski definition) is 1. The van der Waals surface area contributed by atoms with Crippen LogP contribution in [-0.2, 0) is 0 Å². The van der Waals surface area contributed by atoms with Crippen LogP contribution in [0.5, 0.6) is 5.75 Å². The standard InChI is InChI=1S/C14H10BrCl3O/c1-19-13-5-3-9(7-12(13)17)14(18)8-2-4-10(15)11(16)6-8/h2-7,14H,1H3. The van der Waals surface area contributed by atoms with E-state index < -0.39 is 0 Å². The van der Waals surface area contributed by atoms with Crippen LogP contribution in [0, 0.1) is 0 Å². The summed E-state index contributed by atoms with van der Waals surface area (Å²) >= 11 is 22.0. The van der Waals surface area contributed by atoms with Crippen molar-refractivity contribution in [2.75, 3.05) is 7.11 Å². The maximum Gasteiger partial charge on any atom is 0.137 e. The van der Waals surface area contributed by atoms with Gasteiger partial charge in [-0.2, -0.15) is 0 Å². The summed E-state index contributed by atoms with van der Waals surface area (Å²) in [4.78, 5) is 0. The highest BCUT2D eigenvalue weighted by Gasteiger charge is 2.14. The van der Waals surface area contributed by atoms with Gasteiger partial charge >= 0.3 is 0 Å². The summed E-state index contributed by atoms with van der Waals surface area (Å²) in [6, 6.07) is 11.1. The van der Waals surface area contributed by atoms with E-state index in [9.17, 15) is 0 Å². The van der Waals surface area contributed by atoms with Gasteiger partial charge in [-0.25, -0.2) is 0 Å². The zero-order chi connectivity index (χ0) is 14.0. The molecule has 0 spiro atoms. The second-order valence-corrected chi connectivity index (χ2v) is 6.04. The van der Waals surface area contributed by atoms with Crippen molar-refractivity contribution >= 4 is 50.7 Å². The highest BCUT2D eigenvalue weighted by molar-refractivity contribution is 9.10. The lowest BCUT2D eigenvalue weighted by atomic mass is 10.0. The minimum Gasteiger partial charge on any atom is -0.495 e. The maximum absolute atomic E-state index is 6.45. The first kappa shape index (κ1) is 15.0. The average molecular weight is 380 g/mol. The van der Waals surface area contributed by atoms with Crippen molar-refractivity contribution in [2.24, 2.45) is 0 Å². The van der Waals surface area contributed by atoms with Crippen LogP contribution in [0.15, 0.2) is 40.9 Å². The molecule has 2 rings (SSSR count). The van der Waals surface area contributed by atoms with E-state index in [1.807, 2.05) is 24.3 Å². The molecule has 0 fully saturated rings. The SMILES string of the molecule is COc1ccc(C(Cl)c2ccc(Br)c(Cl)c2)cc1Cl. The quantitative estimate of drug-likeness (QED) is 0.585. The van der Waals surface area contributed by atoms with E-state index in [1.165, 1.54) is 0 Å². The van der Waals surface area contributed by atoms with E-state index in [1.54, 1.807) is 19.2 Å². The zero-order valence-corrected chi connectivity index (χ0v) is 13.8. The van der Waals surface area contributed by atoms with Crippen LogP contribution in [0.4, 0.5) is 0 Å². The Kier molecular flexibility index (Phi) is 5.02. The molecule has 0 heterocycles. The summed E-state index contributed by atoms with van der Waals surface area (Å²) in [6.07, 6.45) is 0. The van der Waals surface area contributed by atoms with Crippen LogP contribution in [0.1, 0.15) is 16.5 Å². The first-order valence-electron chi connectivity index (χ1n) is 5.45. The largest absolute Gasteiger partial charge is 0.495 e. The van der Waals surface area contributed by atoms with Crippen LogP contribution >= 0.6 is 50.7 Å². The van der Waals surface area contributed by atoms with Gasteiger partial charge in [-0.1, -0.05) is 35.3 Å². The molecule has 2 aromatic carbocycles. The van der Waals surface area contributed by atoms with Gasteiger partial charge in [-0.3, -0.25) is 0 Å². The Morgan fingerprint density at radius 1 is 1.00 bits per heavy atom. The van der Waals surface area contributed by atoms with Gasteiger partial charge in [0.2, 0.25) is 0 Å². The molecule has 1 nitrogen and oxygen atoms in total. The van der Waals surface area contributed by atoms with Gasteiger partial charge in [0, 0.05) is 4.47 Å². The van der Waals surface area contributed by atoms with Crippen molar-refractivity contribution in [3.05, 3.63) is 62.0 Å². The number of hydrogen-bond donors (Lipinski definition) is 0. The van der Waals surface area contributed by atoms with Gasteiger partial charge in [0.1, 0.15) is 5.75 Å². The highest BCUT2D eigenvalue weighted by Crippen LogP contribution is 2.36. The van der Waals surface area contributed by atoms with Gasteiger partial charge in [0.25, 0.3) is 0 Å². The van der Waals surface area contributed by atoms with Crippen molar-refractivity contribution < 1.29 is 4.74 Å². The number of ether oxygens (including phenoxy) is 1. The Balaban J connectivity index is 2.35. The highest BCUT2D eigenvalue weighted by atomic mass is 79.9. The molecule has 0 aliphatic rings. The lowest BCUT2D eigenvalue weighted by Crippen LogP contribution is -1.94. The van der Waals surface area contributed by atoms with Gasteiger partial charge in [0.15, 0.2) is 0 Å². The Morgan fingerprint density at radius 2 is 1.58 bits per heavy atom. The minimum atomic E-state index is -0.311. The molecule has 5 heteroatoms. The molecule has 1 atom stereocenters. The number of alkyl halides is 1. The number of halogens is 4. The fourth-order valence-electron chi connectivity index (χ4n) is 1.70. The Bertz CT molecular complexity index is 601. The molecule has 0 aromatic heterocycles. The van der Waals surface area contributed by atoms with E-state index in [-0.39, 0.29) is 5.38 Å². The Morgan fingerprint density at radius 3 is 2.11 bits per heavy atom. The molecule has 0 amide bonds. The molecule has 2 aromatic rings. The smallest absolute Gasteiger partial charge is 0.137 e. The van der Waals surface area contributed by atoms with Gasteiger partial charge in [0.05, 0.1) is 22.5 Å². The van der Waals surface area contributed by atoms with Crippen LogP contribution in [0.3, 0.4) is 0 Å². The first-order chi connectivity index (χ1) is 9.02. The molecular weight excluding hydrogens is 370 g/mol. The molecule has 100 valence electrons. The van der Waals surface area contributed by atoms with Gasteiger partial charge in [-0.05, 0) is 51.3 Å². The van der Waals surface area contributed by atoms with Gasteiger partial charge in [-0.15, -0.1) is 11.6 Å². The van der Waals surface area contributed by atoms with E-state index in [0.717, 1.165) is 15.6 Å². The summed E-state index contributed by atoms with van der Waals surface area (Å²) in [5.74, 6) is 0.628. The summed E-state index contributed by atoms with van der Waals surface area (Å²) in [5.41, 5.74) is 1.81. The van der Waals surface area contributed by atoms with Crippen molar-refractivity contribution in [2.45, 2.75) is 5.38 Å². The minimum absolute atomic E-state index is 0.311. The fourth-order valence-corrected chi connectivity index (χ4v) is 2.68. The zero-order valence-electron chi connectivity index (χ0n) is 9.96. The summed E-state index contributed by atoms with van der Waals surface area (Å²) < 4.78 is 5.96. The third kappa shape index (κ3) is 3.38. The van der Waals surface area contributed by atoms with Gasteiger partial charge < -0.3 is 4.74 Å². The van der Waals surface area contributed by atoms with Crippen LogP contribution in [0.2, 0.25) is 10.0 Å². The van der Waals surface area contributed by atoms with Crippen molar-refractivity contribution in [1.29, 1.82) is 0 Å². The summed E-state index contributed by atoms with van der Waals surface area (Å²) in [6.45, 7) is 0.